The second-order valence-electron chi connectivity index (χ2n) is 5.48. The molecule has 2 aromatic rings. The SMILES string of the molecule is COc1ccc(CCCNc2cc(C)cc(C)c2)cc1N. The van der Waals surface area contributed by atoms with Crippen LogP contribution in [0.25, 0.3) is 0 Å². The van der Waals surface area contributed by atoms with Crippen LogP contribution in [0, 0.1) is 13.8 Å². The van der Waals surface area contributed by atoms with Crippen LogP contribution in [0.5, 0.6) is 5.75 Å². The molecule has 0 spiro atoms. The van der Waals surface area contributed by atoms with E-state index in [4.69, 9.17) is 10.5 Å². The molecule has 0 fully saturated rings. The van der Waals surface area contributed by atoms with Crippen molar-refractivity contribution in [3.05, 3.63) is 53.1 Å². The van der Waals surface area contributed by atoms with Gasteiger partial charge in [0.05, 0.1) is 12.8 Å². The molecule has 3 heteroatoms. The number of benzene rings is 2. The minimum atomic E-state index is 0.706. The van der Waals surface area contributed by atoms with Crippen LogP contribution in [0.4, 0.5) is 11.4 Å². The van der Waals surface area contributed by atoms with Gasteiger partial charge in [0, 0.05) is 12.2 Å². The quantitative estimate of drug-likeness (QED) is 0.624. The second kappa shape index (κ2) is 7.02. The van der Waals surface area contributed by atoms with Crippen molar-refractivity contribution in [2.24, 2.45) is 0 Å². The summed E-state index contributed by atoms with van der Waals surface area (Å²) in [6, 6.07) is 12.5. The first-order chi connectivity index (χ1) is 10.1. The van der Waals surface area contributed by atoms with Crippen molar-refractivity contribution in [1.29, 1.82) is 0 Å². The Kier molecular flexibility index (Phi) is 5.09. The average molecular weight is 284 g/mol. The first-order valence-corrected chi connectivity index (χ1v) is 7.33. The van der Waals surface area contributed by atoms with E-state index in [1.54, 1.807) is 7.11 Å². The van der Waals surface area contributed by atoms with E-state index in [0.29, 0.717) is 5.69 Å². The molecule has 2 aromatic carbocycles. The van der Waals surface area contributed by atoms with E-state index < -0.39 is 0 Å². The van der Waals surface area contributed by atoms with Crippen LogP contribution < -0.4 is 15.8 Å². The summed E-state index contributed by atoms with van der Waals surface area (Å²) in [5.74, 6) is 0.743. The summed E-state index contributed by atoms with van der Waals surface area (Å²) in [6.45, 7) is 5.20. The fourth-order valence-electron chi connectivity index (χ4n) is 2.54. The Morgan fingerprint density at radius 2 is 1.76 bits per heavy atom. The Morgan fingerprint density at radius 3 is 2.38 bits per heavy atom. The number of nitrogen functional groups attached to an aromatic ring is 1. The highest BCUT2D eigenvalue weighted by Crippen LogP contribution is 2.22. The fraction of sp³-hybridized carbons (Fsp3) is 0.333. The molecule has 0 bridgehead atoms. The molecule has 0 radical (unpaired) electrons. The molecule has 0 aliphatic rings. The molecule has 21 heavy (non-hydrogen) atoms. The molecule has 3 N–H and O–H groups in total. The molecule has 0 amide bonds. The van der Waals surface area contributed by atoms with Gasteiger partial charge in [0.25, 0.3) is 0 Å². The maximum Gasteiger partial charge on any atom is 0.141 e. The van der Waals surface area contributed by atoms with Crippen molar-refractivity contribution in [2.45, 2.75) is 26.7 Å². The fourth-order valence-corrected chi connectivity index (χ4v) is 2.54. The number of methoxy groups -OCH3 is 1. The van der Waals surface area contributed by atoms with Crippen LogP contribution in [0.1, 0.15) is 23.1 Å². The van der Waals surface area contributed by atoms with Crippen LogP contribution in [0.15, 0.2) is 36.4 Å². The lowest BCUT2D eigenvalue weighted by molar-refractivity contribution is 0.417. The van der Waals surface area contributed by atoms with Crippen LogP contribution in [-0.4, -0.2) is 13.7 Å². The van der Waals surface area contributed by atoms with Gasteiger partial charge in [-0.3, -0.25) is 0 Å². The summed E-state index contributed by atoms with van der Waals surface area (Å²) < 4.78 is 5.17. The van der Waals surface area contributed by atoms with Gasteiger partial charge in [-0.05, 0) is 67.6 Å². The van der Waals surface area contributed by atoms with Crippen LogP contribution in [0.3, 0.4) is 0 Å². The first kappa shape index (κ1) is 15.2. The van der Waals surface area contributed by atoms with Gasteiger partial charge >= 0.3 is 0 Å². The molecule has 0 atom stereocenters. The Balaban J connectivity index is 1.83. The lowest BCUT2D eigenvalue weighted by Gasteiger charge is -2.10. The lowest BCUT2D eigenvalue weighted by atomic mass is 10.1. The topological polar surface area (TPSA) is 47.3 Å². The van der Waals surface area contributed by atoms with Crippen molar-refractivity contribution in [1.82, 2.24) is 0 Å². The van der Waals surface area contributed by atoms with Crippen molar-refractivity contribution in [3.63, 3.8) is 0 Å². The third-order valence-electron chi connectivity index (χ3n) is 3.49. The zero-order valence-electron chi connectivity index (χ0n) is 13.1. The third kappa shape index (κ3) is 4.42. The van der Waals surface area contributed by atoms with Crippen LogP contribution in [0.2, 0.25) is 0 Å². The molecule has 0 saturated heterocycles. The van der Waals surface area contributed by atoms with Gasteiger partial charge < -0.3 is 15.8 Å². The predicted molar refractivity (Wildman–Crippen MR) is 90.1 cm³/mol. The number of rotatable bonds is 6. The zero-order chi connectivity index (χ0) is 15.2. The molecule has 2 rings (SSSR count). The number of hydrogen-bond donors (Lipinski definition) is 2. The average Bonchev–Trinajstić information content (AvgIpc) is 2.43. The molecule has 0 aliphatic heterocycles. The van der Waals surface area contributed by atoms with Gasteiger partial charge in [-0.1, -0.05) is 12.1 Å². The molecule has 112 valence electrons. The molecular formula is C18H24N2O. The summed E-state index contributed by atoms with van der Waals surface area (Å²) in [5.41, 5.74) is 11.7. The minimum Gasteiger partial charge on any atom is -0.495 e. The molecule has 0 saturated carbocycles. The highest BCUT2D eigenvalue weighted by Gasteiger charge is 2.01. The van der Waals surface area contributed by atoms with Gasteiger partial charge in [-0.25, -0.2) is 0 Å². The number of nitrogens with one attached hydrogen (secondary N) is 1. The normalized spacial score (nSPS) is 10.4. The second-order valence-corrected chi connectivity index (χ2v) is 5.48. The van der Waals surface area contributed by atoms with Crippen molar-refractivity contribution in [3.8, 4) is 5.75 Å². The highest BCUT2D eigenvalue weighted by atomic mass is 16.5. The van der Waals surface area contributed by atoms with E-state index in [2.05, 4.69) is 43.4 Å². The molecule has 0 unspecified atom stereocenters. The molecular weight excluding hydrogens is 260 g/mol. The lowest BCUT2D eigenvalue weighted by Crippen LogP contribution is -2.04. The molecule has 0 heterocycles. The molecule has 0 aromatic heterocycles. The van der Waals surface area contributed by atoms with Crippen molar-refractivity contribution < 1.29 is 4.74 Å². The standard InChI is InChI=1S/C18H24N2O/c1-13-9-14(2)11-16(10-13)20-8-4-5-15-6-7-18(21-3)17(19)12-15/h6-7,9-12,20H,4-5,8,19H2,1-3H3. The number of aryl methyl sites for hydroxylation is 3. The maximum atomic E-state index is 5.92. The predicted octanol–water partition coefficient (Wildman–Crippen LogP) is 3.94. The zero-order valence-corrected chi connectivity index (χ0v) is 13.1. The Hall–Kier alpha value is -2.16. The Morgan fingerprint density at radius 1 is 1.05 bits per heavy atom. The first-order valence-electron chi connectivity index (χ1n) is 7.33. The van der Waals surface area contributed by atoms with E-state index >= 15 is 0 Å². The number of nitrogens with two attached hydrogens (primary N) is 1. The van der Waals surface area contributed by atoms with Crippen molar-refractivity contribution in [2.75, 3.05) is 24.7 Å². The summed E-state index contributed by atoms with van der Waals surface area (Å²) in [7, 11) is 1.64. The van der Waals surface area contributed by atoms with Crippen LogP contribution >= 0.6 is 0 Å². The van der Waals surface area contributed by atoms with E-state index in [0.717, 1.165) is 25.1 Å². The number of anilines is 2. The van der Waals surface area contributed by atoms with Crippen LogP contribution in [-0.2, 0) is 6.42 Å². The van der Waals surface area contributed by atoms with Crippen molar-refractivity contribution >= 4 is 11.4 Å². The minimum absolute atomic E-state index is 0.706. The smallest absolute Gasteiger partial charge is 0.141 e. The van der Waals surface area contributed by atoms with Gasteiger partial charge in [0.1, 0.15) is 5.75 Å². The number of ether oxygens (including phenoxy) is 1. The van der Waals surface area contributed by atoms with E-state index in [9.17, 15) is 0 Å². The summed E-state index contributed by atoms with van der Waals surface area (Å²) in [4.78, 5) is 0. The van der Waals surface area contributed by atoms with Gasteiger partial charge in [-0.15, -0.1) is 0 Å². The summed E-state index contributed by atoms with van der Waals surface area (Å²) in [6.07, 6.45) is 2.07. The van der Waals surface area contributed by atoms with Gasteiger partial charge in [0.15, 0.2) is 0 Å². The van der Waals surface area contributed by atoms with E-state index in [-0.39, 0.29) is 0 Å². The van der Waals surface area contributed by atoms with E-state index in [1.807, 2.05) is 12.1 Å². The van der Waals surface area contributed by atoms with Gasteiger partial charge in [-0.2, -0.15) is 0 Å². The number of hydrogen-bond acceptors (Lipinski definition) is 3. The monoisotopic (exact) mass is 284 g/mol. The molecule has 3 nitrogen and oxygen atoms in total. The Labute approximate surface area is 127 Å². The summed E-state index contributed by atoms with van der Waals surface area (Å²) in [5, 5.41) is 3.48. The van der Waals surface area contributed by atoms with Gasteiger partial charge in [0.2, 0.25) is 0 Å². The summed E-state index contributed by atoms with van der Waals surface area (Å²) >= 11 is 0. The maximum absolute atomic E-state index is 5.92. The Bertz CT molecular complexity index is 588. The largest absolute Gasteiger partial charge is 0.495 e. The molecule has 0 aliphatic carbocycles. The third-order valence-corrected chi connectivity index (χ3v) is 3.49. The highest BCUT2D eigenvalue weighted by molar-refractivity contribution is 5.54. The van der Waals surface area contributed by atoms with E-state index in [1.165, 1.54) is 22.4 Å².